The molecule has 0 bridgehead atoms. The molecule has 0 radical (unpaired) electrons. The highest BCUT2D eigenvalue weighted by Crippen LogP contribution is 2.34. The molecule has 0 unspecified atom stereocenters. The van der Waals surface area contributed by atoms with E-state index in [1.165, 1.54) is 30.2 Å². The zero-order valence-corrected chi connectivity index (χ0v) is 21.2. The Morgan fingerprint density at radius 3 is 2.50 bits per heavy atom. The van der Waals surface area contributed by atoms with Crippen molar-refractivity contribution in [2.24, 2.45) is 10.2 Å². The van der Waals surface area contributed by atoms with Gasteiger partial charge in [0.2, 0.25) is 0 Å². The predicted octanol–water partition coefficient (Wildman–Crippen LogP) is 6.92. The van der Waals surface area contributed by atoms with E-state index in [0.717, 1.165) is 12.1 Å². The summed E-state index contributed by atoms with van der Waals surface area (Å²) in [5.74, 6) is -0.575. The normalized spacial score (nSPS) is 11.8. The van der Waals surface area contributed by atoms with Crippen LogP contribution in [0.4, 0.5) is 34.9 Å². The Hall–Kier alpha value is -5.07. The van der Waals surface area contributed by atoms with Crippen molar-refractivity contribution < 1.29 is 17.6 Å². The van der Waals surface area contributed by atoms with E-state index in [1.54, 1.807) is 49.6 Å². The number of pyridine rings is 2. The second kappa shape index (κ2) is 11.0. The Balaban J connectivity index is 1.30. The van der Waals surface area contributed by atoms with Crippen LogP contribution in [-0.2, 0) is 12.7 Å². The minimum atomic E-state index is -4.53. The maximum atomic E-state index is 14.5. The first-order valence-electron chi connectivity index (χ1n) is 11.9. The first-order valence-corrected chi connectivity index (χ1v) is 11.9. The molecule has 4 aromatic heterocycles. The standard InChI is InChI=1S/C27H21F4N9/c1-16-14-40(15-34-16)23-9-19(27(29,30)31)8-22(10-23)37-21-6-5-20(33-12-21)13-35-39-26-36-17(2)24(28)25(38-26)18-4-3-7-32-11-18/h3-12,14-15,37H,13H2,1-2H3. The Morgan fingerprint density at radius 1 is 0.975 bits per heavy atom. The molecule has 13 heteroatoms. The van der Waals surface area contributed by atoms with Crippen molar-refractivity contribution in [1.29, 1.82) is 0 Å². The maximum Gasteiger partial charge on any atom is 0.416 e. The Kier molecular flexibility index (Phi) is 7.27. The summed E-state index contributed by atoms with van der Waals surface area (Å²) in [7, 11) is 0. The number of hydrogen-bond donors (Lipinski definition) is 1. The third-order valence-corrected chi connectivity index (χ3v) is 5.70. The highest BCUT2D eigenvalue weighted by Gasteiger charge is 2.31. The topological polar surface area (TPSA) is 106 Å². The van der Waals surface area contributed by atoms with E-state index in [0.29, 0.717) is 28.3 Å². The summed E-state index contributed by atoms with van der Waals surface area (Å²) in [5, 5.41) is 11.0. The fourth-order valence-electron chi connectivity index (χ4n) is 3.77. The van der Waals surface area contributed by atoms with Crippen molar-refractivity contribution in [3.63, 3.8) is 0 Å². The lowest BCUT2D eigenvalue weighted by Crippen LogP contribution is -2.07. The van der Waals surface area contributed by atoms with Crippen LogP contribution < -0.4 is 5.32 Å². The molecule has 4 heterocycles. The van der Waals surface area contributed by atoms with Gasteiger partial charge in [0.25, 0.3) is 5.95 Å². The van der Waals surface area contributed by atoms with Crippen LogP contribution in [-0.4, -0.2) is 29.5 Å². The third-order valence-electron chi connectivity index (χ3n) is 5.70. The number of nitrogens with zero attached hydrogens (tertiary/aromatic N) is 8. The third kappa shape index (κ3) is 6.14. The van der Waals surface area contributed by atoms with E-state index in [4.69, 9.17) is 0 Å². The van der Waals surface area contributed by atoms with Crippen molar-refractivity contribution in [1.82, 2.24) is 29.5 Å². The van der Waals surface area contributed by atoms with Crippen LogP contribution in [0, 0.1) is 19.7 Å². The highest BCUT2D eigenvalue weighted by molar-refractivity contribution is 5.63. The molecule has 0 aliphatic heterocycles. The molecule has 1 N–H and O–H groups in total. The van der Waals surface area contributed by atoms with Crippen molar-refractivity contribution in [2.75, 3.05) is 5.32 Å². The van der Waals surface area contributed by atoms with Crippen LogP contribution >= 0.6 is 0 Å². The average molecular weight is 548 g/mol. The average Bonchev–Trinajstić information content (AvgIpc) is 3.38. The number of alkyl halides is 3. The lowest BCUT2D eigenvalue weighted by atomic mass is 10.1. The number of halogens is 4. The Labute approximate surface area is 225 Å². The van der Waals surface area contributed by atoms with Crippen molar-refractivity contribution in [2.45, 2.75) is 26.6 Å². The van der Waals surface area contributed by atoms with E-state index in [9.17, 15) is 17.6 Å². The Morgan fingerprint density at radius 2 is 1.82 bits per heavy atom. The number of imidazole rings is 1. The number of anilines is 2. The fourth-order valence-corrected chi connectivity index (χ4v) is 3.77. The minimum Gasteiger partial charge on any atom is -0.354 e. The van der Waals surface area contributed by atoms with Gasteiger partial charge in [-0.2, -0.15) is 18.3 Å². The number of azo groups is 1. The SMILES string of the molecule is Cc1cn(-c2cc(Nc3ccc(CN=Nc4nc(C)c(F)c(-c5cccnc5)n4)nc3)cc(C(F)(F)F)c2)cn1. The molecule has 0 atom stereocenters. The minimum absolute atomic E-state index is 0.00974. The van der Waals surface area contributed by atoms with Gasteiger partial charge in [-0.25, -0.2) is 19.3 Å². The molecule has 0 aliphatic carbocycles. The van der Waals surface area contributed by atoms with E-state index < -0.39 is 17.6 Å². The van der Waals surface area contributed by atoms with E-state index in [2.05, 4.69) is 40.5 Å². The molecule has 0 saturated carbocycles. The van der Waals surface area contributed by atoms with Crippen molar-refractivity contribution >= 4 is 17.3 Å². The molecule has 0 saturated heterocycles. The molecule has 5 aromatic rings. The van der Waals surface area contributed by atoms with E-state index >= 15 is 0 Å². The summed E-state index contributed by atoms with van der Waals surface area (Å²) in [6.07, 6.45) is 3.11. The predicted molar refractivity (Wildman–Crippen MR) is 139 cm³/mol. The zero-order chi connectivity index (χ0) is 28.3. The maximum absolute atomic E-state index is 14.5. The van der Waals surface area contributed by atoms with Crippen LogP contribution in [0.2, 0.25) is 0 Å². The number of aryl methyl sites for hydroxylation is 2. The number of aromatic nitrogens is 6. The number of benzene rings is 1. The van der Waals surface area contributed by atoms with Crippen LogP contribution in [0.3, 0.4) is 0 Å². The molecule has 40 heavy (non-hydrogen) atoms. The van der Waals surface area contributed by atoms with E-state index in [-0.39, 0.29) is 29.6 Å². The molecule has 0 amide bonds. The van der Waals surface area contributed by atoms with Gasteiger partial charge in [-0.1, -0.05) is 0 Å². The van der Waals surface area contributed by atoms with Crippen LogP contribution in [0.1, 0.15) is 22.6 Å². The lowest BCUT2D eigenvalue weighted by Gasteiger charge is -2.14. The highest BCUT2D eigenvalue weighted by atomic mass is 19.4. The second-order valence-corrected chi connectivity index (χ2v) is 8.76. The quantitative estimate of drug-likeness (QED) is 0.175. The van der Waals surface area contributed by atoms with Gasteiger partial charge < -0.3 is 9.88 Å². The van der Waals surface area contributed by atoms with Crippen LogP contribution in [0.5, 0.6) is 0 Å². The second-order valence-electron chi connectivity index (χ2n) is 8.76. The Bertz CT molecular complexity index is 1660. The molecular formula is C27H21F4N9. The van der Waals surface area contributed by atoms with Gasteiger partial charge in [-0.3, -0.25) is 9.97 Å². The molecule has 1 aromatic carbocycles. The van der Waals surface area contributed by atoms with Crippen molar-refractivity contribution in [3.8, 4) is 16.9 Å². The van der Waals surface area contributed by atoms with Gasteiger partial charge in [-0.15, -0.1) is 5.11 Å². The number of rotatable bonds is 7. The van der Waals surface area contributed by atoms with Crippen LogP contribution in [0.25, 0.3) is 16.9 Å². The summed E-state index contributed by atoms with van der Waals surface area (Å²) in [6.45, 7) is 3.34. The van der Waals surface area contributed by atoms with Crippen molar-refractivity contribution in [3.05, 3.63) is 102 Å². The summed E-state index contributed by atoms with van der Waals surface area (Å²) < 4.78 is 56.7. The first-order chi connectivity index (χ1) is 19.2. The van der Waals surface area contributed by atoms with E-state index in [1.807, 2.05) is 0 Å². The number of hydrogen-bond acceptors (Lipinski definition) is 8. The molecular weight excluding hydrogens is 526 g/mol. The van der Waals surface area contributed by atoms with Crippen LogP contribution in [0.15, 0.2) is 83.8 Å². The lowest BCUT2D eigenvalue weighted by molar-refractivity contribution is -0.137. The summed E-state index contributed by atoms with van der Waals surface area (Å²) in [4.78, 5) is 20.5. The largest absolute Gasteiger partial charge is 0.416 e. The van der Waals surface area contributed by atoms with Gasteiger partial charge in [-0.05, 0) is 56.3 Å². The monoisotopic (exact) mass is 547 g/mol. The molecule has 5 rings (SSSR count). The molecule has 0 spiro atoms. The summed E-state index contributed by atoms with van der Waals surface area (Å²) >= 11 is 0. The van der Waals surface area contributed by atoms with Gasteiger partial charge in [0.15, 0.2) is 5.82 Å². The number of nitrogens with one attached hydrogen (secondary N) is 1. The van der Waals surface area contributed by atoms with Gasteiger partial charge >= 0.3 is 6.18 Å². The zero-order valence-electron chi connectivity index (χ0n) is 21.2. The summed E-state index contributed by atoms with van der Waals surface area (Å²) in [6, 6.07) is 10.3. The van der Waals surface area contributed by atoms with Gasteiger partial charge in [0.1, 0.15) is 12.2 Å². The smallest absolute Gasteiger partial charge is 0.354 e. The van der Waals surface area contributed by atoms with Gasteiger partial charge in [0.05, 0.1) is 40.9 Å². The molecule has 202 valence electrons. The first kappa shape index (κ1) is 26.5. The molecule has 0 aliphatic rings. The molecule has 9 nitrogen and oxygen atoms in total. The molecule has 0 fully saturated rings. The fraction of sp³-hybridized carbons (Fsp3) is 0.148. The van der Waals surface area contributed by atoms with Gasteiger partial charge in [0, 0.05) is 35.5 Å². The summed E-state index contributed by atoms with van der Waals surface area (Å²) in [5.41, 5.74) is 2.13.